The summed E-state index contributed by atoms with van der Waals surface area (Å²) in [5, 5.41) is 0. The Labute approximate surface area is 144 Å². The summed E-state index contributed by atoms with van der Waals surface area (Å²) in [5.41, 5.74) is 0. The number of hydrogen-bond acceptors (Lipinski definition) is 4. The van der Waals surface area contributed by atoms with Crippen LogP contribution in [0.1, 0.15) is 0 Å². The average Bonchev–Trinajstić information content (AvgIpc) is 2.57. The fourth-order valence-electron chi connectivity index (χ4n) is 2.01. The molecular weight excluding hydrogens is 348 g/mol. The van der Waals surface area contributed by atoms with E-state index in [1.165, 1.54) is 12.1 Å². The van der Waals surface area contributed by atoms with E-state index in [2.05, 4.69) is 0 Å². The lowest BCUT2D eigenvalue weighted by Gasteiger charge is -2.08. The van der Waals surface area contributed by atoms with Crippen molar-refractivity contribution in [2.75, 3.05) is 0 Å². The Balaban J connectivity index is 1.68. The number of halogens is 1. The van der Waals surface area contributed by atoms with Gasteiger partial charge in [0, 0.05) is 10.7 Å². The van der Waals surface area contributed by atoms with E-state index in [1.807, 2.05) is 30.3 Å². The third kappa shape index (κ3) is 4.28. The average molecular weight is 361 g/mol. The molecule has 3 aromatic rings. The summed E-state index contributed by atoms with van der Waals surface area (Å²) in [6.45, 7) is 0. The van der Waals surface area contributed by atoms with E-state index >= 15 is 0 Å². The lowest BCUT2D eigenvalue weighted by Crippen LogP contribution is -1.90. The normalized spacial score (nSPS) is 11.0. The molecule has 122 valence electrons. The van der Waals surface area contributed by atoms with E-state index in [0.717, 1.165) is 5.75 Å². The Morgan fingerprint density at radius 2 is 0.958 bits per heavy atom. The lowest BCUT2D eigenvalue weighted by atomic mass is 10.3. The molecule has 0 aromatic heterocycles. The predicted octanol–water partition coefficient (Wildman–Crippen LogP) is 5.20. The van der Waals surface area contributed by atoms with Crippen molar-refractivity contribution in [2.45, 2.75) is 4.90 Å². The van der Waals surface area contributed by atoms with Gasteiger partial charge in [-0.05, 0) is 60.7 Å². The molecule has 24 heavy (non-hydrogen) atoms. The van der Waals surface area contributed by atoms with Crippen molar-refractivity contribution in [3.05, 3.63) is 78.9 Å². The first kappa shape index (κ1) is 16.4. The van der Waals surface area contributed by atoms with E-state index in [0.29, 0.717) is 17.2 Å². The predicted molar refractivity (Wildman–Crippen MR) is 92.5 cm³/mol. The summed E-state index contributed by atoms with van der Waals surface area (Å²) < 4.78 is 33.8. The molecule has 6 heteroatoms. The molecule has 3 aromatic carbocycles. The maximum absolute atomic E-state index is 11.2. The SMILES string of the molecule is O=S(=O)(Cl)c1ccc(Oc2ccc(Oc3ccccc3)cc2)cc1. The van der Waals surface area contributed by atoms with Gasteiger partial charge in [-0.25, -0.2) is 8.42 Å². The molecule has 0 saturated heterocycles. The minimum absolute atomic E-state index is 0.0307. The van der Waals surface area contributed by atoms with Gasteiger partial charge >= 0.3 is 0 Å². The van der Waals surface area contributed by atoms with E-state index in [-0.39, 0.29) is 4.90 Å². The monoisotopic (exact) mass is 360 g/mol. The van der Waals surface area contributed by atoms with Crippen LogP contribution >= 0.6 is 10.7 Å². The fourth-order valence-corrected chi connectivity index (χ4v) is 2.78. The third-order valence-electron chi connectivity index (χ3n) is 3.14. The van der Waals surface area contributed by atoms with Crippen molar-refractivity contribution < 1.29 is 17.9 Å². The molecule has 0 aliphatic carbocycles. The zero-order chi connectivity index (χ0) is 17.0. The second-order valence-electron chi connectivity index (χ2n) is 4.90. The molecule has 0 unspecified atom stereocenters. The molecule has 0 heterocycles. The first-order chi connectivity index (χ1) is 11.5. The zero-order valence-electron chi connectivity index (χ0n) is 12.4. The van der Waals surface area contributed by atoms with Gasteiger partial charge < -0.3 is 9.47 Å². The second kappa shape index (κ2) is 6.95. The summed E-state index contributed by atoms with van der Waals surface area (Å²) in [6, 6.07) is 22.5. The fraction of sp³-hybridized carbons (Fsp3) is 0. The minimum atomic E-state index is -3.73. The van der Waals surface area contributed by atoms with Gasteiger partial charge in [0.25, 0.3) is 9.05 Å². The molecular formula is C18H13ClO4S. The van der Waals surface area contributed by atoms with Crippen molar-refractivity contribution in [3.8, 4) is 23.0 Å². The van der Waals surface area contributed by atoms with Gasteiger partial charge in [-0.1, -0.05) is 18.2 Å². The Hall–Kier alpha value is -2.50. The quantitative estimate of drug-likeness (QED) is 0.587. The summed E-state index contributed by atoms with van der Waals surface area (Å²) in [5.74, 6) is 2.56. The van der Waals surface area contributed by atoms with Crippen molar-refractivity contribution in [1.82, 2.24) is 0 Å². The molecule has 4 nitrogen and oxygen atoms in total. The lowest BCUT2D eigenvalue weighted by molar-refractivity contribution is 0.469. The number of hydrogen-bond donors (Lipinski definition) is 0. The Bertz CT molecular complexity index is 905. The van der Waals surface area contributed by atoms with Crippen LogP contribution in [0.4, 0.5) is 0 Å². The standard InChI is InChI=1S/C18H13ClO4S/c19-24(20,21)18-12-10-17(11-13-18)23-16-8-6-15(7-9-16)22-14-4-2-1-3-5-14/h1-13H. The van der Waals surface area contributed by atoms with Crippen molar-refractivity contribution in [2.24, 2.45) is 0 Å². The van der Waals surface area contributed by atoms with Crippen molar-refractivity contribution in [1.29, 1.82) is 0 Å². The van der Waals surface area contributed by atoms with Gasteiger partial charge in [-0.15, -0.1) is 0 Å². The van der Waals surface area contributed by atoms with Gasteiger partial charge in [-0.2, -0.15) is 0 Å². The van der Waals surface area contributed by atoms with E-state index in [4.69, 9.17) is 20.2 Å². The zero-order valence-corrected chi connectivity index (χ0v) is 14.0. The number of benzene rings is 3. The molecule has 0 atom stereocenters. The molecule has 0 saturated carbocycles. The molecule has 0 spiro atoms. The van der Waals surface area contributed by atoms with Crippen LogP contribution in [0.5, 0.6) is 23.0 Å². The van der Waals surface area contributed by atoms with Crippen LogP contribution in [-0.4, -0.2) is 8.42 Å². The molecule has 0 aliphatic heterocycles. The van der Waals surface area contributed by atoms with Crippen molar-refractivity contribution in [3.63, 3.8) is 0 Å². The first-order valence-corrected chi connectivity index (χ1v) is 9.37. The molecule has 0 N–H and O–H groups in total. The number of para-hydroxylation sites is 1. The Morgan fingerprint density at radius 1 is 0.583 bits per heavy atom. The summed E-state index contributed by atoms with van der Waals surface area (Å²) in [7, 11) is 1.54. The highest BCUT2D eigenvalue weighted by atomic mass is 35.7. The largest absolute Gasteiger partial charge is 0.457 e. The van der Waals surface area contributed by atoms with E-state index in [1.54, 1.807) is 36.4 Å². The van der Waals surface area contributed by atoms with Crippen LogP contribution in [0.3, 0.4) is 0 Å². The maximum atomic E-state index is 11.2. The first-order valence-electron chi connectivity index (χ1n) is 7.06. The summed E-state index contributed by atoms with van der Waals surface area (Å²) in [4.78, 5) is 0.0307. The molecule has 3 rings (SSSR count). The minimum Gasteiger partial charge on any atom is -0.457 e. The highest BCUT2D eigenvalue weighted by Crippen LogP contribution is 2.27. The van der Waals surface area contributed by atoms with Crippen LogP contribution in [0.25, 0.3) is 0 Å². The highest BCUT2D eigenvalue weighted by Gasteiger charge is 2.09. The highest BCUT2D eigenvalue weighted by molar-refractivity contribution is 8.13. The Kier molecular flexibility index (Phi) is 4.74. The number of rotatable bonds is 5. The molecule has 0 bridgehead atoms. The van der Waals surface area contributed by atoms with E-state index < -0.39 is 9.05 Å². The summed E-state index contributed by atoms with van der Waals surface area (Å²) >= 11 is 0. The van der Waals surface area contributed by atoms with Gasteiger partial charge in [-0.3, -0.25) is 0 Å². The molecule has 0 aliphatic rings. The third-order valence-corrected chi connectivity index (χ3v) is 4.51. The smallest absolute Gasteiger partial charge is 0.261 e. The molecule has 0 amide bonds. The van der Waals surface area contributed by atoms with Gasteiger partial charge in [0.15, 0.2) is 0 Å². The summed E-state index contributed by atoms with van der Waals surface area (Å²) in [6.07, 6.45) is 0. The van der Waals surface area contributed by atoms with Crippen LogP contribution in [-0.2, 0) is 9.05 Å². The van der Waals surface area contributed by atoms with Crippen LogP contribution in [0.2, 0.25) is 0 Å². The van der Waals surface area contributed by atoms with Crippen molar-refractivity contribution >= 4 is 19.7 Å². The Morgan fingerprint density at radius 3 is 1.38 bits per heavy atom. The van der Waals surface area contributed by atoms with Gasteiger partial charge in [0.2, 0.25) is 0 Å². The molecule has 0 radical (unpaired) electrons. The number of ether oxygens (including phenoxy) is 2. The van der Waals surface area contributed by atoms with Gasteiger partial charge in [0.05, 0.1) is 4.90 Å². The van der Waals surface area contributed by atoms with Crippen LogP contribution in [0.15, 0.2) is 83.8 Å². The molecule has 0 fully saturated rings. The van der Waals surface area contributed by atoms with Crippen LogP contribution < -0.4 is 9.47 Å². The second-order valence-corrected chi connectivity index (χ2v) is 7.46. The van der Waals surface area contributed by atoms with Crippen LogP contribution in [0, 0.1) is 0 Å². The maximum Gasteiger partial charge on any atom is 0.261 e. The van der Waals surface area contributed by atoms with E-state index in [9.17, 15) is 8.42 Å². The topological polar surface area (TPSA) is 52.6 Å². The van der Waals surface area contributed by atoms with Gasteiger partial charge in [0.1, 0.15) is 23.0 Å².